The molecule has 22 heavy (non-hydrogen) atoms. The van der Waals surface area contributed by atoms with Crippen LogP contribution in [0.25, 0.3) is 11.0 Å². The first kappa shape index (κ1) is 14.2. The highest BCUT2D eigenvalue weighted by molar-refractivity contribution is 6.06. The standard InChI is InChI=1S/C16H17N5O/c1-16(2,3)21-10-17-13-12(21)9-18-20-14(13)19-15(22)11-7-5-4-6-8-11/h4-10H,1-3H3,(H,19,20,22). The van der Waals surface area contributed by atoms with Gasteiger partial charge in [-0.2, -0.15) is 5.10 Å². The number of aromatic nitrogens is 4. The van der Waals surface area contributed by atoms with Gasteiger partial charge in [-0.1, -0.05) is 18.2 Å². The molecule has 3 aromatic rings. The second-order valence-corrected chi connectivity index (χ2v) is 6.03. The molecule has 0 atom stereocenters. The number of carbonyl (C=O) groups is 1. The van der Waals surface area contributed by atoms with Crippen molar-refractivity contribution >= 4 is 22.8 Å². The van der Waals surface area contributed by atoms with E-state index in [2.05, 4.69) is 41.3 Å². The summed E-state index contributed by atoms with van der Waals surface area (Å²) in [5.41, 5.74) is 1.91. The number of fused-ring (bicyclic) bond motifs is 1. The number of nitrogens with one attached hydrogen (secondary N) is 1. The molecule has 0 saturated carbocycles. The molecule has 0 spiro atoms. The fourth-order valence-electron chi connectivity index (χ4n) is 2.24. The number of nitrogens with zero attached hydrogens (tertiary/aromatic N) is 4. The third-order valence-electron chi connectivity index (χ3n) is 3.36. The monoisotopic (exact) mass is 295 g/mol. The Morgan fingerprint density at radius 3 is 2.59 bits per heavy atom. The number of hydrogen-bond donors (Lipinski definition) is 1. The van der Waals surface area contributed by atoms with Crippen LogP contribution in [0.4, 0.5) is 5.82 Å². The zero-order valence-corrected chi connectivity index (χ0v) is 12.7. The molecule has 0 saturated heterocycles. The van der Waals surface area contributed by atoms with Gasteiger partial charge in [0.25, 0.3) is 5.91 Å². The summed E-state index contributed by atoms with van der Waals surface area (Å²) < 4.78 is 2.01. The lowest BCUT2D eigenvalue weighted by atomic mass is 10.1. The number of amides is 1. The largest absolute Gasteiger partial charge is 0.324 e. The number of hydrogen-bond acceptors (Lipinski definition) is 4. The van der Waals surface area contributed by atoms with Crippen molar-refractivity contribution in [3.05, 3.63) is 48.4 Å². The van der Waals surface area contributed by atoms with Crippen LogP contribution < -0.4 is 5.32 Å². The molecule has 0 radical (unpaired) electrons. The first-order chi connectivity index (χ1) is 10.5. The minimum atomic E-state index is -0.229. The van der Waals surface area contributed by atoms with Crippen molar-refractivity contribution in [3.63, 3.8) is 0 Å². The Balaban J connectivity index is 1.99. The van der Waals surface area contributed by atoms with E-state index in [1.807, 2.05) is 22.8 Å². The lowest BCUT2D eigenvalue weighted by molar-refractivity contribution is 0.102. The van der Waals surface area contributed by atoms with Gasteiger partial charge in [-0.15, -0.1) is 5.10 Å². The van der Waals surface area contributed by atoms with Crippen molar-refractivity contribution in [2.24, 2.45) is 0 Å². The number of benzene rings is 1. The fourth-order valence-corrected chi connectivity index (χ4v) is 2.24. The van der Waals surface area contributed by atoms with Crippen LogP contribution >= 0.6 is 0 Å². The molecule has 0 aliphatic rings. The molecule has 0 unspecified atom stereocenters. The minimum Gasteiger partial charge on any atom is -0.324 e. The van der Waals surface area contributed by atoms with Crippen LogP contribution in [0, 0.1) is 0 Å². The lowest BCUT2D eigenvalue weighted by Gasteiger charge is -2.21. The molecular weight excluding hydrogens is 278 g/mol. The van der Waals surface area contributed by atoms with Crippen molar-refractivity contribution < 1.29 is 4.79 Å². The van der Waals surface area contributed by atoms with Crippen LogP contribution in [0.2, 0.25) is 0 Å². The van der Waals surface area contributed by atoms with E-state index >= 15 is 0 Å². The van der Waals surface area contributed by atoms with E-state index < -0.39 is 0 Å². The maximum atomic E-state index is 12.2. The Morgan fingerprint density at radius 1 is 1.18 bits per heavy atom. The third kappa shape index (κ3) is 2.55. The molecule has 0 aliphatic heterocycles. The van der Waals surface area contributed by atoms with Crippen LogP contribution in [0.5, 0.6) is 0 Å². The highest BCUT2D eigenvalue weighted by Gasteiger charge is 2.19. The smallest absolute Gasteiger partial charge is 0.256 e. The van der Waals surface area contributed by atoms with Gasteiger partial charge in [0.05, 0.1) is 18.0 Å². The molecule has 2 aromatic heterocycles. The average Bonchev–Trinajstić information content (AvgIpc) is 2.93. The number of rotatable bonds is 2. The molecule has 6 nitrogen and oxygen atoms in total. The van der Waals surface area contributed by atoms with Gasteiger partial charge in [-0.3, -0.25) is 4.79 Å². The molecule has 112 valence electrons. The van der Waals surface area contributed by atoms with Gasteiger partial charge in [0, 0.05) is 11.1 Å². The van der Waals surface area contributed by atoms with Crippen LogP contribution in [0.15, 0.2) is 42.9 Å². The molecule has 3 rings (SSSR count). The summed E-state index contributed by atoms with van der Waals surface area (Å²) in [6.07, 6.45) is 3.40. The second-order valence-electron chi connectivity index (χ2n) is 6.03. The molecular formula is C16H17N5O. The van der Waals surface area contributed by atoms with E-state index in [4.69, 9.17) is 0 Å². The first-order valence-corrected chi connectivity index (χ1v) is 7.02. The van der Waals surface area contributed by atoms with E-state index in [0.717, 1.165) is 5.52 Å². The normalized spacial score (nSPS) is 11.6. The van der Waals surface area contributed by atoms with Crippen LogP contribution in [0.3, 0.4) is 0 Å². The zero-order valence-electron chi connectivity index (χ0n) is 12.7. The topological polar surface area (TPSA) is 72.7 Å². The molecule has 0 fully saturated rings. The molecule has 1 N–H and O–H groups in total. The van der Waals surface area contributed by atoms with E-state index in [0.29, 0.717) is 16.9 Å². The first-order valence-electron chi connectivity index (χ1n) is 7.02. The summed E-state index contributed by atoms with van der Waals surface area (Å²) in [5, 5.41) is 10.8. The van der Waals surface area contributed by atoms with Crippen LogP contribution in [-0.2, 0) is 5.54 Å². The maximum absolute atomic E-state index is 12.2. The van der Waals surface area contributed by atoms with Crippen molar-refractivity contribution in [3.8, 4) is 0 Å². The Morgan fingerprint density at radius 2 is 1.91 bits per heavy atom. The molecule has 0 bridgehead atoms. The Hall–Kier alpha value is -2.76. The number of carbonyl (C=O) groups excluding carboxylic acids is 1. The van der Waals surface area contributed by atoms with Gasteiger partial charge < -0.3 is 9.88 Å². The van der Waals surface area contributed by atoms with E-state index in [9.17, 15) is 4.79 Å². The lowest BCUT2D eigenvalue weighted by Crippen LogP contribution is -2.20. The summed E-state index contributed by atoms with van der Waals surface area (Å²) in [6, 6.07) is 8.99. The average molecular weight is 295 g/mol. The highest BCUT2D eigenvalue weighted by atomic mass is 16.1. The van der Waals surface area contributed by atoms with Crippen molar-refractivity contribution in [1.29, 1.82) is 0 Å². The Labute approximate surface area is 128 Å². The van der Waals surface area contributed by atoms with Crippen molar-refractivity contribution in [1.82, 2.24) is 19.7 Å². The molecule has 0 aliphatic carbocycles. The van der Waals surface area contributed by atoms with Gasteiger partial charge in [0.2, 0.25) is 0 Å². The maximum Gasteiger partial charge on any atom is 0.256 e. The zero-order chi connectivity index (χ0) is 15.7. The molecule has 2 heterocycles. The summed E-state index contributed by atoms with van der Waals surface area (Å²) >= 11 is 0. The predicted molar refractivity (Wildman–Crippen MR) is 84.7 cm³/mol. The highest BCUT2D eigenvalue weighted by Crippen LogP contribution is 2.24. The van der Waals surface area contributed by atoms with Gasteiger partial charge >= 0.3 is 0 Å². The molecule has 1 amide bonds. The predicted octanol–water partition coefficient (Wildman–Crippen LogP) is 2.83. The quantitative estimate of drug-likeness (QED) is 0.789. The summed E-state index contributed by atoms with van der Waals surface area (Å²) in [6.45, 7) is 6.24. The summed E-state index contributed by atoms with van der Waals surface area (Å²) in [5.74, 6) is 0.141. The number of imidazole rings is 1. The van der Waals surface area contributed by atoms with Gasteiger partial charge in [-0.05, 0) is 32.9 Å². The van der Waals surface area contributed by atoms with Gasteiger partial charge in [0.1, 0.15) is 5.52 Å². The SMILES string of the molecule is CC(C)(C)n1cnc2c(NC(=O)c3ccccc3)nncc21. The Kier molecular flexibility index (Phi) is 3.36. The summed E-state index contributed by atoms with van der Waals surface area (Å²) in [4.78, 5) is 16.6. The van der Waals surface area contributed by atoms with Gasteiger partial charge in [-0.25, -0.2) is 4.98 Å². The van der Waals surface area contributed by atoms with E-state index in [1.165, 1.54) is 0 Å². The summed E-state index contributed by atoms with van der Waals surface area (Å²) in [7, 11) is 0. The van der Waals surface area contributed by atoms with E-state index in [-0.39, 0.29) is 11.4 Å². The fraction of sp³-hybridized carbons (Fsp3) is 0.250. The molecule has 6 heteroatoms. The minimum absolute atomic E-state index is 0.126. The van der Waals surface area contributed by atoms with Gasteiger partial charge in [0.15, 0.2) is 5.82 Å². The number of anilines is 1. The molecule has 1 aromatic carbocycles. The second kappa shape index (κ2) is 5.22. The third-order valence-corrected chi connectivity index (χ3v) is 3.36. The Bertz CT molecular complexity index is 817. The van der Waals surface area contributed by atoms with Crippen molar-refractivity contribution in [2.45, 2.75) is 26.3 Å². The van der Waals surface area contributed by atoms with Crippen LogP contribution in [0.1, 0.15) is 31.1 Å². The van der Waals surface area contributed by atoms with Crippen LogP contribution in [-0.4, -0.2) is 25.7 Å². The van der Waals surface area contributed by atoms with E-state index in [1.54, 1.807) is 24.7 Å². The van der Waals surface area contributed by atoms with Crippen molar-refractivity contribution in [2.75, 3.05) is 5.32 Å².